The van der Waals surface area contributed by atoms with Gasteiger partial charge in [0, 0.05) is 31.8 Å². The van der Waals surface area contributed by atoms with E-state index < -0.39 is 0 Å². The van der Waals surface area contributed by atoms with Crippen molar-refractivity contribution < 1.29 is 9.84 Å². The predicted octanol–water partition coefficient (Wildman–Crippen LogP) is 2.60. The zero-order chi connectivity index (χ0) is 13.0. The van der Waals surface area contributed by atoms with E-state index in [0.29, 0.717) is 5.92 Å². The first-order valence-corrected chi connectivity index (χ1v) is 6.76. The van der Waals surface area contributed by atoms with E-state index in [1.165, 1.54) is 12.1 Å². The molecule has 0 aliphatic carbocycles. The number of anilines is 1. The first kappa shape index (κ1) is 13.4. The molecule has 1 aliphatic heterocycles. The topological polar surface area (TPSA) is 32.7 Å². The predicted molar refractivity (Wildman–Crippen MR) is 73.9 cm³/mol. The van der Waals surface area contributed by atoms with Crippen molar-refractivity contribution in [2.45, 2.75) is 25.9 Å². The highest BCUT2D eigenvalue weighted by molar-refractivity contribution is 5.48. The van der Waals surface area contributed by atoms with Gasteiger partial charge in [-0.15, -0.1) is 0 Å². The standard InChI is InChI=1S/C15H23NO2/c1-3-15(17)13-4-6-14(7-5-13)16-9-8-12(10-16)11-18-2/h4-7,12,15,17H,3,8-11H2,1-2H3/t12?,15-/m0/s1. The van der Waals surface area contributed by atoms with E-state index in [2.05, 4.69) is 17.0 Å². The summed E-state index contributed by atoms with van der Waals surface area (Å²) in [6, 6.07) is 8.30. The summed E-state index contributed by atoms with van der Waals surface area (Å²) in [7, 11) is 1.77. The first-order chi connectivity index (χ1) is 8.74. The molecular weight excluding hydrogens is 226 g/mol. The Kier molecular flexibility index (Phi) is 4.61. The zero-order valence-electron chi connectivity index (χ0n) is 11.3. The highest BCUT2D eigenvalue weighted by Gasteiger charge is 2.22. The molecule has 1 aliphatic rings. The van der Waals surface area contributed by atoms with Gasteiger partial charge in [-0.05, 0) is 30.5 Å². The van der Waals surface area contributed by atoms with Gasteiger partial charge >= 0.3 is 0 Å². The number of hydrogen-bond acceptors (Lipinski definition) is 3. The molecule has 1 unspecified atom stereocenters. The Morgan fingerprint density at radius 1 is 1.39 bits per heavy atom. The van der Waals surface area contributed by atoms with Crippen LogP contribution in [0.2, 0.25) is 0 Å². The van der Waals surface area contributed by atoms with Crippen molar-refractivity contribution in [2.75, 3.05) is 31.7 Å². The molecule has 0 bridgehead atoms. The number of ether oxygens (including phenoxy) is 1. The van der Waals surface area contributed by atoms with Crippen molar-refractivity contribution >= 4 is 5.69 Å². The van der Waals surface area contributed by atoms with Crippen LogP contribution in [-0.4, -0.2) is 31.9 Å². The maximum Gasteiger partial charge on any atom is 0.0787 e. The second-order valence-corrected chi connectivity index (χ2v) is 5.07. The van der Waals surface area contributed by atoms with E-state index in [4.69, 9.17) is 4.74 Å². The highest BCUT2D eigenvalue weighted by atomic mass is 16.5. The highest BCUT2D eigenvalue weighted by Crippen LogP contribution is 2.26. The normalized spacial score (nSPS) is 21.3. The molecule has 0 spiro atoms. The largest absolute Gasteiger partial charge is 0.388 e. The molecule has 1 aromatic rings. The van der Waals surface area contributed by atoms with Gasteiger partial charge in [0.1, 0.15) is 0 Å². The number of methoxy groups -OCH3 is 1. The summed E-state index contributed by atoms with van der Waals surface area (Å²) < 4.78 is 5.22. The third-order valence-electron chi connectivity index (χ3n) is 3.72. The van der Waals surface area contributed by atoms with Crippen molar-refractivity contribution in [1.29, 1.82) is 0 Å². The van der Waals surface area contributed by atoms with Gasteiger partial charge < -0.3 is 14.7 Å². The van der Waals surface area contributed by atoms with Crippen molar-refractivity contribution in [3.63, 3.8) is 0 Å². The molecule has 2 rings (SSSR count). The minimum atomic E-state index is -0.334. The van der Waals surface area contributed by atoms with Crippen LogP contribution in [0.3, 0.4) is 0 Å². The quantitative estimate of drug-likeness (QED) is 0.870. The lowest BCUT2D eigenvalue weighted by Crippen LogP contribution is -2.20. The molecule has 0 radical (unpaired) electrons. The number of nitrogens with zero attached hydrogens (tertiary/aromatic N) is 1. The lowest BCUT2D eigenvalue weighted by Gasteiger charge is -2.19. The molecule has 0 amide bonds. The van der Waals surface area contributed by atoms with E-state index in [9.17, 15) is 5.11 Å². The van der Waals surface area contributed by atoms with Crippen molar-refractivity contribution in [3.8, 4) is 0 Å². The average Bonchev–Trinajstić information content (AvgIpc) is 2.87. The molecule has 0 saturated carbocycles. The van der Waals surface area contributed by atoms with Crippen LogP contribution in [-0.2, 0) is 4.74 Å². The van der Waals surface area contributed by atoms with Crippen LogP contribution in [0.25, 0.3) is 0 Å². The third kappa shape index (κ3) is 3.03. The monoisotopic (exact) mass is 249 g/mol. The summed E-state index contributed by atoms with van der Waals surface area (Å²) in [5.41, 5.74) is 2.26. The van der Waals surface area contributed by atoms with E-state index >= 15 is 0 Å². The molecule has 100 valence electrons. The van der Waals surface area contributed by atoms with Crippen molar-refractivity contribution in [3.05, 3.63) is 29.8 Å². The number of rotatable bonds is 5. The number of hydrogen-bond donors (Lipinski definition) is 1. The summed E-state index contributed by atoms with van der Waals surface area (Å²) in [6.45, 7) is 5.02. The van der Waals surface area contributed by atoms with E-state index in [1.807, 2.05) is 19.1 Å². The summed E-state index contributed by atoms with van der Waals surface area (Å²) in [5, 5.41) is 9.77. The molecule has 1 N–H and O–H groups in total. The van der Waals surface area contributed by atoms with Crippen LogP contribution >= 0.6 is 0 Å². The van der Waals surface area contributed by atoms with Crippen LogP contribution in [0.5, 0.6) is 0 Å². The van der Waals surface area contributed by atoms with Crippen LogP contribution in [0, 0.1) is 5.92 Å². The second-order valence-electron chi connectivity index (χ2n) is 5.07. The Morgan fingerprint density at radius 2 is 2.11 bits per heavy atom. The lowest BCUT2D eigenvalue weighted by molar-refractivity contribution is 0.161. The summed E-state index contributed by atoms with van der Waals surface area (Å²) >= 11 is 0. The Morgan fingerprint density at radius 3 is 2.72 bits per heavy atom. The van der Waals surface area contributed by atoms with Gasteiger partial charge in [0.15, 0.2) is 0 Å². The molecule has 1 fully saturated rings. The van der Waals surface area contributed by atoms with Gasteiger partial charge in [0.05, 0.1) is 12.7 Å². The average molecular weight is 249 g/mol. The Labute approximate surface area is 109 Å². The first-order valence-electron chi connectivity index (χ1n) is 6.76. The van der Waals surface area contributed by atoms with Crippen molar-refractivity contribution in [1.82, 2.24) is 0 Å². The Bertz CT molecular complexity index is 363. The maximum absolute atomic E-state index is 9.77. The number of benzene rings is 1. The molecular formula is C15H23NO2. The van der Waals surface area contributed by atoms with Crippen LogP contribution < -0.4 is 4.90 Å². The molecule has 3 nitrogen and oxygen atoms in total. The molecule has 3 heteroatoms. The lowest BCUT2D eigenvalue weighted by atomic mass is 10.1. The molecule has 18 heavy (non-hydrogen) atoms. The summed E-state index contributed by atoms with van der Waals surface area (Å²) in [5.74, 6) is 0.649. The molecule has 1 aromatic carbocycles. The molecule has 0 aromatic heterocycles. The fourth-order valence-electron chi connectivity index (χ4n) is 2.58. The van der Waals surface area contributed by atoms with Gasteiger partial charge in [-0.25, -0.2) is 0 Å². The smallest absolute Gasteiger partial charge is 0.0787 e. The van der Waals surface area contributed by atoms with Gasteiger partial charge in [0.2, 0.25) is 0 Å². The van der Waals surface area contributed by atoms with Crippen LogP contribution in [0.1, 0.15) is 31.4 Å². The van der Waals surface area contributed by atoms with Gasteiger partial charge in [-0.2, -0.15) is 0 Å². The van der Waals surface area contributed by atoms with E-state index in [1.54, 1.807) is 7.11 Å². The SMILES string of the molecule is CC[C@H](O)c1ccc(N2CCC(COC)C2)cc1. The minimum absolute atomic E-state index is 0.334. The van der Waals surface area contributed by atoms with E-state index in [0.717, 1.165) is 31.7 Å². The van der Waals surface area contributed by atoms with Crippen LogP contribution in [0.4, 0.5) is 5.69 Å². The Hall–Kier alpha value is -1.06. The summed E-state index contributed by atoms with van der Waals surface area (Å²) in [6.07, 6.45) is 1.63. The van der Waals surface area contributed by atoms with E-state index in [-0.39, 0.29) is 6.10 Å². The zero-order valence-corrected chi connectivity index (χ0v) is 11.3. The molecule has 1 heterocycles. The molecule has 2 atom stereocenters. The second kappa shape index (κ2) is 6.21. The van der Waals surface area contributed by atoms with Gasteiger partial charge in [-0.1, -0.05) is 19.1 Å². The van der Waals surface area contributed by atoms with Gasteiger partial charge in [-0.3, -0.25) is 0 Å². The van der Waals surface area contributed by atoms with Crippen LogP contribution in [0.15, 0.2) is 24.3 Å². The fourth-order valence-corrected chi connectivity index (χ4v) is 2.58. The maximum atomic E-state index is 9.77. The minimum Gasteiger partial charge on any atom is -0.388 e. The van der Waals surface area contributed by atoms with Gasteiger partial charge in [0.25, 0.3) is 0 Å². The summed E-state index contributed by atoms with van der Waals surface area (Å²) in [4.78, 5) is 2.39. The Balaban J connectivity index is 1.98. The number of aliphatic hydroxyl groups is 1. The third-order valence-corrected chi connectivity index (χ3v) is 3.72. The number of aliphatic hydroxyl groups excluding tert-OH is 1. The molecule has 1 saturated heterocycles. The van der Waals surface area contributed by atoms with Crippen molar-refractivity contribution in [2.24, 2.45) is 5.92 Å². The fraction of sp³-hybridized carbons (Fsp3) is 0.600.